The second-order valence-corrected chi connectivity index (χ2v) is 7.97. The average Bonchev–Trinajstić information content (AvgIpc) is 2.96. The third-order valence-corrected chi connectivity index (χ3v) is 5.07. The van der Waals surface area contributed by atoms with Crippen LogP contribution in [0.25, 0.3) is 10.9 Å². The van der Waals surface area contributed by atoms with Crippen LogP contribution in [0.15, 0.2) is 51.1 Å². The predicted octanol–water partition coefficient (Wildman–Crippen LogP) is 5.79. The largest absolute Gasteiger partial charge is 0.507 e. The van der Waals surface area contributed by atoms with E-state index < -0.39 is 5.91 Å². The Morgan fingerprint density at radius 3 is 2.66 bits per heavy atom. The van der Waals surface area contributed by atoms with E-state index in [1.54, 1.807) is 29.9 Å². The number of ether oxygens (including phenoxy) is 1. The molecule has 0 saturated heterocycles. The highest BCUT2D eigenvalue weighted by molar-refractivity contribution is 9.10. The fraction of sp³-hybridized carbons (Fsp3) is 0.286. The molecule has 0 aliphatic carbocycles. The standard InChI is InChI=1S/C21H22BrN3O4/c1-12(2)8-9-25-17-6-5-14(29-3)11-15(17)19(21(25)28)23-24-20(27)16-10-13(22)4-7-18(16)26/h4-7,10-12,26,28H,8-9H2,1-3H3. The van der Waals surface area contributed by atoms with E-state index in [9.17, 15) is 15.0 Å². The Balaban J connectivity index is 2.05. The Kier molecular flexibility index (Phi) is 6.22. The predicted molar refractivity (Wildman–Crippen MR) is 114 cm³/mol. The number of fused-ring (bicyclic) bond motifs is 1. The molecule has 8 heteroatoms. The van der Waals surface area contributed by atoms with Crippen LogP contribution in [0.3, 0.4) is 0 Å². The Morgan fingerprint density at radius 2 is 1.97 bits per heavy atom. The monoisotopic (exact) mass is 459 g/mol. The van der Waals surface area contributed by atoms with Crippen molar-refractivity contribution < 1.29 is 19.7 Å². The Morgan fingerprint density at radius 1 is 1.21 bits per heavy atom. The number of aryl methyl sites for hydroxylation is 1. The Hall–Kier alpha value is -2.87. The molecule has 3 rings (SSSR count). The van der Waals surface area contributed by atoms with Gasteiger partial charge in [0.2, 0.25) is 5.88 Å². The first kappa shape index (κ1) is 20.9. The summed E-state index contributed by atoms with van der Waals surface area (Å²) in [6, 6.07) is 9.87. The molecule has 0 unspecified atom stereocenters. The van der Waals surface area contributed by atoms with Gasteiger partial charge in [-0.05, 0) is 48.7 Å². The maximum atomic E-state index is 12.4. The van der Waals surface area contributed by atoms with Crippen molar-refractivity contribution >= 4 is 38.4 Å². The zero-order chi connectivity index (χ0) is 21.1. The fourth-order valence-electron chi connectivity index (χ4n) is 2.97. The van der Waals surface area contributed by atoms with Crippen LogP contribution in [0.4, 0.5) is 5.69 Å². The summed E-state index contributed by atoms with van der Waals surface area (Å²) in [6.07, 6.45) is 0.866. The molecule has 29 heavy (non-hydrogen) atoms. The number of benzene rings is 2. The maximum absolute atomic E-state index is 12.4. The topological polar surface area (TPSA) is 96.4 Å². The van der Waals surface area contributed by atoms with E-state index in [2.05, 4.69) is 40.0 Å². The first-order chi connectivity index (χ1) is 13.8. The molecule has 1 aromatic heterocycles. The molecule has 0 atom stereocenters. The van der Waals surface area contributed by atoms with Gasteiger partial charge in [-0.2, -0.15) is 0 Å². The van der Waals surface area contributed by atoms with E-state index in [0.717, 1.165) is 11.9 Å². The lowest BCUT2D eigenvalue weighted by Crippen LogP contribution is -2.00. The van der Waals surface area contributed by atoms with Crippen LogP contribution in [0, 0.1) is 5.92 Å². The van der Waals surface area contributed by atoms with Gasteiger partial charge in [0.1, 0.15) is 11.5 Å². The molecule has 0 aliphatic heterocycles. The highest BCUT2D eigenvalue weighted by atomic mass is 79.9. The lowest BCUT2D eigenvalue weighted by molar-refractivity contribution is 0.0992. The van der Waals surface area contributed by atoms with Crippen LogP contribution >= 0.6 is 15.9 Å². The van der Waals surface area contributed by atoms with Crippen molar-refractivity contribution in [2.75, 3.05) is 7.11 Å². The SMILES string of the molecule is COc1ccc2c(c1)c(N=NC(=O)c1cc(Br)ccc1O)c(O)n2CCC(C)C. The molecule has 0 spiro atoms. The van der Waals surface area contributed by atoms with E-state index in [4.69, 9.17) is 4.74 Å². The average molecular weight is 460 g/mol. The van der Waals surface area contributed by atoms with Crippen LogP contribution in [0.2, 0.25) is 0 Å². The van der Waals surface area contributed by atoms with Crippen molar-refractivity contribution in [3.63, 3.8) is 0 Å². The van der Waals surface area contributed by atoms with Gasteiger partial charge in [-0.1, -0.05) is 29.8 Å². The number of methoxy groups -OCH3 is 1. The van der Waals surface area contributed by atoms with E-state index in [1.807, 2.05) is 6.07 Å². The minimum Gasteiger partial charge on any atom is -0.507 e. The molecule has 2 N–H and O–H groups in total. The number of hydrogen-bond donors (Lipinski definition) is 2. The number of azo groups is 1. The van der Waals surface area contributed by atoms with Gasteiger partial charge in [0.25, 0.3) is 5.91 Å². The summed E-state index contributed by atoms with van der Waals surface area (Å²) in [5.41, 5.74) is 0.977. The van der Waals surface area contributed by atoms with E-state index in [-0.39, 0.29) is 22.9 Å². The highest BCUT2D eigenvalue weighted by Gasteiger charge is 2.19. The van der Waals surface area contributed by atoms with Crippen LogP contribution in [0.5, 0.6) is 17.4 Å². The minimum absolute atomic E-state index is 0.0174. The quantitative estimate of drug-likeness (QED) is 0.455. The summed E-state index contributed by atoms with van der Waals surface area (Å²) in [5.74, 6) is 0.0858. The third-order valence-electron chi connectivity index (χ3n) is 4.58. The molecule has 1 heterocycles. The van der Waals surface area contributed by atoms with E-state index in [0.29, 0.717) is 28.1 Å². The normalized spacial score (nSPS) is 11.6. The van der Waals surface area contributed by atoms with Gasteiger partial charge in [0.15, 0.2) is 5.69 Å². The molecule has 3 aromatic rings. The molecule has 0 radical (unpaired) electrons. The molecular weight excluding hydrogens is 438 g/mol. The molecule has 1 amide bonds. The molecule has 2 aromatic carbocycles. The Labute approximate surface area is 176 Å². The van der Waals surface area contributed by atoms with E-state index in [1.165, 1.54) is 12.1 Å². The smallest absolute Gasteiger partial charge is 0.299 e. The number of carbonyl (C=O) groups excluding carboxylic acids is 1. The number of aromatic nitrogens is 1. The van der Waals surface area contributed by atoms with Crippen LogP contribution in [-0.2, 0) is 6.54 Å². The second-order valence-electron chi connectivity index (χ2n) is 7.06. The van der Waals surface area contributed by atoms with Crippen molar-refractivity contribution in [1.82, 2.24) is 4.57 Å². The van der Waals surface area contributed by atoms with Crippen molar-refractivity contribution in [2.45, 2.75) is 26.8 Å². The van der Waals surface area contributed by atoms with Gasteiger partial charge in [0, 0.05) is 16.4 Å². The van der Waals surface area contributed by atoms with Crippen molar-refractivity contribution in [1.29, 1.82) is 0 Å². The number of carbonyl (C=O) groups is 1. The lowest BCUT2D eigenvalue weighted by Gasteiger charge is -2.09. The van der Waals surface area contributed by atoms with Crippen molar-refractivity contribution in [2.24, 2.45) is 16.1 Å². The maximum Gasteiger partial charge on any atom is 0.299 e. The summed E-state index contributed by atoms with van der Waals surface area (Å²) in [4.78, 5) is 12.4. The molecule has 0 fully saturated rings. The zero-order valence-corrected chi connectivity index (χ0v) is 18.0. The summed E-state index contributed by atoms with van der Waals surface area (Å²) >= 11 is 3.26. The van der Waals surface area contributed by atoms with E-state index >= 15 is 0 Å². The number of amides is 1. The molecule has 0 saturated carbocycles. The van der Waals surface area contributed by atoms with Crippen molar-refractivity contribution in [3.8, 4) is 17.4 Å². The van der Waals surface area contributed by atoms with Crippen molar-refractivity contribution in [3.05, 3.63) is 46.4 Å². The van der Waals surface area contributed by atoms with Gasteiger partial charge in [0.05, 0.1) is 18.2 Å². The summed E-state index contributed by atoms with van der Waals surface area (Å²) in [5, 5.41) is 29.1. The third kappa shape index (κ3) is 4.42. The number of aromatic hydroxyl groups is 2. The number of phenols is 1. The molecule has 0 bridgehead atoms. The van der Waals surface area contributed by atoms with Crippen LogP contribution in [0.1, 0.15) is 30.6 Å². The number of rotatable bonds is 6. The molecule has 0 aliphatic rings. The van der Waals surface area contributed by atoms with Gasteiger partial charge in [-0.3, -0.25) is 4.79 Å². The van der Waals surface area contributed by atoms with Gasteiger partial charge < -0.3 is 19.5 Å². The fourth-order valence-corrected chi connectivity index (χ4v) is 3.33. The first-order valence-electron chi connectivity index (χ1n) is 9.15. The molecule has 152 valence electrons. The van der Waals surface area contributed by atoms with Crippen LogP contribution in [-0.4, -0.2) is 27.8 Å². The zero-order valence-electron chi connectivity index (χ0n) is 16.4. The number of hydrogen-bond acceptors (Lipinski definition) is 5. The number of halogens is 1. The summed E-state index contributed by atoms with van der Waals surface area (Å²) in [7, 11) is 1.55. The Bertz CT molecular complexity index is 1090. The number of nitrogens with zero attached hydrogens (tertiary/aromatic N) is 3. The molecule has 7 nitrogen and oxygen atoms in total. The second kappa shape index (κ2) is 8.65. The highest BCUT2D eigenvalue weighted by Crippen LogP contribution is 2.41. The lowest BCUT2D eigenvalue weighted by atomic mass is 10.1. The minimum atomic E-state index is -0.714. The first-order valence-corrected chi connectivity index (χ1v) is 9.95. The molecular formula is C21H22BrN3O4. The summed E-state index contributed by atoms with van der Waals surface area (Å²) < 4.78 is 7.67. The van der Waals surface area contributed by atoms with Crippen LogP contribution < -0.4 is 4.74 Å². The summed E-state index contributed by atoms with van der Waals surface area (Å²) in [6.45, 7) is 4.81. The van der Waals surface area contributed by atoms with Gasteiger partial charge in [-0.15, -0.1) is 10.2 Å². The number of phenolic OH excluding ortho intramolecular Hbond substituents is 1. The van der Waals surface area contributed by atoms with Gasteiger partial charge >= 0.3 is 0 Å². The van der Waals surface area contributed by atoms with Gasteiger partial charge in [-0.25, -0.2) is 0 Å².